The van der Waals surface area contributed by atoms with Crippen LogP contribution in [0.5, 0.6) is 0 Å². The second-order valence-electron chi connectivity index (χ2n) is 8.75. The number of carbonyl (C=O) groups is 1. The Balaban J connectivity index is 3.90. The summed E-state index contributed by atoms with van der Waals surface area (Å²) >= 11 is 0. The van der Waals surface area contributed by atoms with E-state index in [0.717, 1.165) is 19.3 Å². The summed E-state index contributed by atoms with van der Waals surface area (Å²) in [5.74, 6) is 0.241. The lowest BCUT2D eigenvalue weighted by molar-refractivity contribution is -0.149. The summed E-state index contributed by atoms with van der Waals surface area (Å²) in [6.07, 6.45) is 25.1. The van der Waals surface area contributed by atoms with Gasteiger partial charge >= 0.3 is 5.97 Å². The molecule has 1 unspecified atom stereocenters. The summed E-state index contributed by atoms with van der Waals surface area (Å²) in [4.78, 5) is 12.6. The third kappa shape index (κ3) is 18.8. The maximum Gasteiger partial charge on any atom is 0.308 e. The Kier molecular flexibility index (Phi) is 22.3. The predicted molar refractivity (Wildman–Crippen MR) is 124 cm³/mol. The summed E-state index contributed by atoms with van der Waals surface area (Å²) in [7, 11) is 0. The average Bonchev–Trinajstić information content (AvgIpc) is 2.70. The van der Waals surface area contributed by atoms with Crippen LogP contribution in [0.25, 0.3) is 0 Å². The second kappa shape index (κ2) is 22.8. The first-order chi connectivity index (χ1) is 13.8. The third-order valence-electron chi connectivity index (χ3n) is 5.89. The van der Waals surface area contributed by atoms with Crippen molar-refractivity contribution in [3.05, 3.63) is 0 Å². The van der Waals surface area contributed by atoms with Gasteiger partial charge in [-0.2, -0.15) is 0 Å². The van der Waals surface area contributed by atoms with E-state index in [4.69, 9.17) is 4.74 Å². The highest BCUT2D eigenvalue weighted by Gasteiger charge is 2.19. The summed E-state index contributed by atoms with van der Waals surface area (Å²) in [5.41, 5.74) is 0. The van der Waals surface area contributed by atoms with Gasteiger partial charge in [-0.25, -0.2) is 0 Å². The van der Waals surface area contributed by atoms with E-state index in [1.807, 2.05) is 0 Å². The molecular weight excluding hydrogens is 344 g/mol. The molecule has 0 aliphatic rings. The van der Waals surface area contributed by atoms with Gasteiger partial charge in [0.2, 0.25) is 0 Å². The van der Waals surface area contributed by atoms with E-state index in [-0.39, 0.29) is 11.9 Å². The molecule has 0 heterocycles. The molecule has 0 N–H and O–H groups in total. The molecule has 0 spiro atoms. The zero-order valence-electron chi connectivity index (χ0n) is 19.7. The molecule has 0 rings (SSSR count). The Labute approximate surface area is 177 Å². The largest absolute Gasteiger partial charge is 0.465 e. The highest BCUT2D eigenvalue weighted by atomic mass is 16.5. The number of esters is 1. The number of unbranched alkanes of at least 4 members (excludes halogenated alkanes) is 15. The van der Waals surface area contributed by atoms with Crippen LogP contribution in [0, 0.1) is 5.92 Å². The van der Waals surface area contributed by atoms with E-state index in [2.05, 4.69) is 20.8 Å². The molecule has 0 aromatic heterocycles. The first-order valence-corrected chi connectivity index (χ1v) is 12.9. The minimum Gasteiger partial charge on any atom is -0.465 e. The molecule has 2 heteroatoms. The molecule has 0 bridgehead atoms. The number of hydrogen-bond acceptors (Lipinski definition) is 2. The Bertz CT molecular complexity index is 314. The second-order valence-corrected chi connectivity index (χ2v) is 8.75. The van der Waals surface area contributed by atoms with Crippen molar-refractivity contribution in [2.24, 2.45) is 5.92 Å². The highest BCUT2D eigenvalue weighted by molar-refractivity contribution is 5.72. The predicted octanol–water partition coefficient (Wildman–Crippen LogP) is 9.01. The van der Waals surface area contributed by atoms with E-state index in [9.17, 15) is 4.79 Å². The van der Waals surface area contributed by atoms with Crippen molar-refractivity contribution >= 4 is 5.97 Å². The molecule has 0 radical (unpaired) electrons. The van der Waals surface area contributed by atoms with Crippen LogP contribution in [0.4, 0.5) is 0 Å². The topological polar surface area (TPSA) is 26.3 Å². The van der Waals surface area contributed by atoms with Gasteiger partial charge in [0.1, 0.15) is 0 Å². The number of rotatable bonds is 22. The van der Waals surface area contributed by atoms with Crippen molar-refractivity contribution < 1.29 is 9.53 Å². The maximum atomic E-state index is 12.6. The quantitative estimate of drug-likeness (QED) is 0.135. The molecule has 0 amide bonds. The van der Waals surface area contributed by atoms with E-state index in [0.29, 0.717) is 6.61 Å². The van der Waals surface area contributed by atoms with Crippen LogP contribution in [0.1, 0.15) is 149 Å². The summed E-state index contributed by atoms with van der Waals surface area (Å²) in [5, 5.41) is 0. The normalized spacial score (nSPS) is 12.2. The van der Waals surface area contributed by atoms with Gasteiger partial charge in [-0.05, 0) is 19.3 Å². The lowest BCUT2D eigenvalue weighted by atomic mass is 9.94. The minimum atomic E-state index is 0.0907. The summed E-state index contributed by atoms with van der Waals surface area (Å²) in [6.45, 7) is 7.40. The van der Waals surface area contributed by atoms with Crippen molar-refractivity contribution in [2.45, 2.75) is 149 Å². The van der Waals surface area contributed by atoms with E-state index in [1.165, 1.54) is 109 Å². The Morgan fingerprint density at radius 1 is 0.536 bits per heavy atom. The van der Waals surface area contributed by atoms with Crippen molar-refractivity contribution in [3.8, 4) is 0 Å². The van der Waals surface area contributed by atoms with Crippen LogP contribution >= 0.6 is 0 Å². The van der Waals surface area contributed by atoms with Gasteiger partial charge in [-0.3, -0.25) is 4.79 Å². The molecule has 2 nitrogen and oxygen atoms in total. The van der Waals surface area contributed by atoms with E-state index >= 15 is 0 Å². The number of hydrogen-bond donors (Lipinski definition) is 0. The fourth-order valence-electron chi connectivity index (χ4n) is 3.90. The van der Waals surface area contributed by atoms with Gasteiger partial charge in [0.25, 0.3) is 0 Å². The van der Waals surface area contributed by atoms with Crippen LogP contribution < -0.4 is 0 Å². The van der Waals surface area contributed by atoms with E-state index in [1.54, 1.807) is 0 Å². The van der Waals surface area contributed by atoms with Crippen LogP contribution in [-0.4, -0.2) is 12.6 Å². The van der Waals surface area contributed by atoms with Crippen molar-refractivity contribution in [1.29, 1.82) is 0 Å². The first-order valence-electron chi connectivity index (χ1n) is 12.9. The lowest BCUT2D eigenvalue weighted by Gasteiger charge is -2.16. The molecule has 0 aromatic carbocycles. The third-order valence-corrected chi connectivity index (χ3v) is 5.89. The number of ether oxygens (including phenoxy) is 1. The fraction of sp³-hybridized carbons (Fsp3) is 0.962. The van der Waals surface area contributed by atoms with Gasteiger partial charge in [-0.15, -0.1) is 0 Å². The SMILES string of the molecule is CCCCCCCCCCOC(=O)C(CCCCCC)CCCCCCCC. The maximum absolute atomic E-state index is 12.6. The van der Waals surface area contributed by atoms with Crippen molar-refractivity contribution in [3.63, 3.8) is 0 Å². The van der Waals surface area contributed by atoms with E-state index < -0.39 is 0 Å². The lowest BCUT2D eigenvalue weighted by Crippen LogP contribution is -2.18. The molecule has 0 fully saturated rings. The van der Waals surface area contributed by atoms with Gasteiger partial charge in [-0.1, -0.05) is 130 Å². The molecule has 0 saturated carbocycles. The zero-order chi connectivity index (χ0) is 20.7. The fourth-order valence-corrected chi connectivity index (χ4v) is 3.90. The van der Waals surface area contributed by atoms with Gasteiger partial charge < -0.3 is 4.74 Å². The smallest absolute Gasteiger partial charge is 0.308 e. The molecule has 0 aromatic rings. The Hall–Kier alpha value is -0.530. The minimum absolute atomic E-state index is 0.0907. The Morgan fingerprint density at radius 3 is 1.36 bits per heavy atom. The molecule has 0 aliphatic heterocycles. The molecule has 28 heavy (non-hydrogen) atoms. The van der Waals surface area contributed by atoms with Crippen LogP contribution in [-0.2, 0) is 9.53 Å². The van der Waals surface area contributed by atoms with Crippen LogP contribution in [0.15, 0.2) is 0 Å². The van der Waals surface area contributed by atoms with Crippen LogP contribution in [0.2, 0.25) is 0 Å². The molecule has 1 atom stereocenters. The van der Waals surface area contributed by atoms with Gasteiger partial charge in [0.15, 0.2) is 0 Å². The van der Waals surface area contributed by atoms with Crippen LogP contribution in [0.3, 0.4) is 0 Å². The molecular formula is C26H52O2. The Morgan fingerprint density at radius 2 is 0.893 bits per heavy atom. The molecule has 0 aliphatic carbocycles. The molecule has 0 saturated heterocycles. The summed E-state index contributed by atoms with van der Waals surface area (Å²) < 4.78 is 5.66. The standard InChI is InChI=1S/C26H52O2/c1-4-7-10-13-15-16-18-21-24-28-26(27)25(22-19-12-9-6-3)23-20-17-14-11-8-5-2/h25H,4-24H2,1-3H3. The summed E-state index contributed by atoms with van der Waals surface area (Å²) in [6, 6.07) is 0. The zero-order valence-corrected chi connectivity index (χ0v) is 19.7. The van der Waals surface area contributed by atoms with Crippen molar-refractivity contribution in [1.82, 2.24) is 0 Å². The van der Waals surface area contributed by atoms with Gasteiger partial charge in [0, 0.05) is 0 Å². The van der Waals surface area contributed by atoms with Gasteiger partial charge in [0.05, 0.1) is 12.5 Å². The molecule has 168 valence electrons. The monoisotopic (exact) mass is 396 g/mol. The van der Waals surface area contributed by atoms with Crippen molar-refractivity contribution in [2.75, 3.05) is 6.61 Å². The highest BCUT2D eigenvalue weighted by Crippen LogP contribution is 2.20. The first kappa shape index (κ1) is 27.5. The average molecular weight is 397 g/mol. The number of carbonyl (C=O) groups excluding carboxylic acids is 1.